The normalized spacial score (nSPS) is 11.0. The highest BCUT2D eigenvalue weighted by molar-refractivity contribution is 7.92. The molecule has 0 atom stereocenters. The van der Waals surface area contributed by atoms with E-state index in [9.17, 15) is 18.5 Å². The number of sulfonamides is 1. The van der Waals surface area contributed by atoms with Gasteiger partial charge < -0.3 is 5.32 Å². The molecule has 0 unspecified atom stereocenters. The topological polar surface area (TPSA) is 105 Å². The van der Waals surface area contributed by atoms with Crippen LogP contribution in [0, 0.1) is 10.1 Å². The van der Waals surface area contributed by atoms with E-state index in [1.54, 1.807) is 42.7 Å². The fraction of sp³-hybridized carbons (Fsp3) is 0.105. The number of anilines is 2. The van der Waals surface area contributed by atoms with Gasteiger partial charge in [-0.05, 0) is 42.0 Å². The summed E-state index contributed by atoms with van der Waals surface area (Å²) in [6.45, 7) is 0.376. The first kappa shape index (κ1) is 19.3. The van der Waals surface area contributed by atoms with Gasteiger partial charge >= 0.3 is 0 Å². The molecule has 0 amide bonds. The lowest BCUT2D eigenvalue weighted by Crippen LogP contribution is -2.26. The van der Waals surface area contributed by atoms with E-state index < -0.39 is 14.9 Å². The van der Waals surface area contributed by atoms with Crippen molar-refractivity contribution in [2.45, 2.75) is 11.4 Å². The fourth-order valence-corrected chi connectivity index (χ4v) is 3.81. The quantitative estimate of drug-likeness (QED) is 0.483. The highest BCUT2D eigenvalue weighted by atomic mass is 32.2. The van der Waals surface area contributed by atoms with Crippen molar-refractivity contribution in [3.05, 3.63) is 88.7 Å². The summed E-state index contributed by atoms with van der Waals surface area (Å²) in [5, 5.41) is 14.5. The van der Waals surface area contributed by atoms with Crippen molar-refractivity contribution >= 4 is 27.1 Å². The number of rotatable bonds is 7. The summed E-state index contributed by atoms with van der Waals surface area (Å²) in [4.78, 5) is 15.0. The summed E-state index contributed by atoms with van der Waals surface area (Å²) in [7, 11) is -2.45. The lowest BCUT2D eigenvalue weighted by molar-refractivity contribution is -0.383. The standard InChI is InChI=1S/C19H18N4O4S/c1-22(28(26,27)17-5-3-2-4-6-17)16-7-8-18(19(13-16)23(24)25)21-14-15-9-11-20-12-10-15/h2-13,21H,14H2,1H3. The Labute approximate surface area is 162 Å². The van der Waals surface area contributed by atoms with Crippen LogP contribution in [0.2, 0.25) is 0 Å². The predicted octanol–water partition coefficient (Wildman–Crippen LogP) is 3.43. The van der Waals surface area contributed by atoms with Crippen LogP contribution in [0.3, 0.4) is 0 Å². The molecular formula is C19H18N4O4S. The monoisotopic (exact) mass is 398 g/mol. The third-order valence-electron chi connectivity index (χ3n) is 4.18. The van der Waals surface area contributed by atoms with E-state index in [4.69, 9.17) is 0 Å². The van der Waals surface area contributed by atoms with Crippen molar-refractivity contribution in [3.8, 4) is 0 Å². The van der Waals surface area contributed by atoms with Gasteiger partial charge in [-0.2, -0.15) is 0 Å². The summed E-state index contributed by atoms with van der Waals surface area (Å²) in [6, 6.07) is 15.8. The minimum Gasteiger partial charge on any atom is -0.375 e. The third-order valence-corrected chi connectivity index (χ3v) is 5.98. The Morgan fingerprint density at radius 1 is 1.07 bits per heavy atom. The minimum atomic E-state index is -3.82. The zero-order valence-electron chi connectivity index (χ0n) is 15.0. The van der Waals surface area contributed by atoms with Crippen LogP contribution in [0.15, 0.2) is 78.0 Å². The van der Waals surface area contributed by atoms with Gasteiger partial charge in [-0.25, -0.2) is 8.42 Å². The Morgan fingerprint density at radius 3 is 2.39 bits per heavy atom. The zero-order valence-corrected chi connectivity index (χ0v) is 15.8. The minimum absolute atomic E-state index is 0.111. The molecule has 0 aliphatic heterocycles. The van der Waals surface area contributed by atoms with Crippen molar-refractivity contribution < 1.29 is 13.3 Å². The summed E-state index contributed by atoms with van der Waals surface area (Å²) in [6.07, 6.45) is 3.27. The summed E-state index contributed by atoms with van der Waals surface area (Å²) < 4.78 is 26.5. The van der Waals surface area contributed by atoms with Crippen LogP contribution in [0.4, 0.5) is 17.1 Å². The Bertz CT molecular complexity index is 1070. The van der Waals surface area contributed by atoms with Crippen molar-refractivity contribution in [1.29, 1.82) is 0 Å². The molecular weight excluding hydrogens is 380 g/mol. The number of nitro benzene ring substituents is 1. The molecule has 0 saturated carbocycles. The van der Waals surface area contributed by atoms with Crippen LogP contribution in [0.5, 0.6) is 0 Å². The highest BCUT2D eigenvalue weighted by Crippen LogP contribution is 2.31. The van der Waals surface area contributed by atoms with Crippen LogP contribution < -0.4 is 9.62 Å². The smallest absolute Gasteiger partial charge is 0.294 e. The average Bonchev–Trinajstić information content (AvgIpc) is 2.73. The van der Waals surface area contributed by atoms with Gasteiger partial charge in [0.25, 0.3) is 15.7 Å². The molecule has 144 valence electrons. The maximum Gasteiger partial charge on any atom is 0.294 e. The van der Waals surface area contributed by atoms with E-state index in [0.29, 0.717) is 12.2 Å². The van der Waals surface area contributed by atoms with Gasteiger partial charge in [0.05, 0.1) is 15.5 Å². The van der Waals surface area contributed by atoms with Crippen LogP contribution in [0.1, 0.15) is 5.56 Å². The number of hydrogen-bond acceptors (Lipinski definition) is 6. The second-order valence-electron chi connectivity index (χ2n) is 5.95. The predicted molar refractivity (Wildman–Crippen MR) is 107 cm³/mol. The molecule has 0 aliphatic carbocycles. The molecule has 0 saturated heterocycles. The number of aromatic nitrogens is 1. The molecule has 3 aromatic rings. The summed E-state index contributed by atoms with van der Waals surface area (Å²) in [5.74, 6) is 0. The maximum atomic E-state index is 12.7. The number of nitrogens with zero attached hydrogens (tertiary/aromatic N) is 3. The number of nitrogens with one attached hydrogen (secondary N) is 1. The molecule has 0 spiro atoms. The SMILES string of the molecule is CN(c1ccc(NCc2ccncc2)c([N+](=O)[O-])c1)S(=O)(=O)c1ccccc1. The van der Waals surface area contributed by atoms with Gasteiger partial charge in [-0.1, -0.05) is 18.2 Å². The first-order valence-corrected chi connectivity index (χ1v) is 9.79. The second kappa shape index (κ2) is 8.05. The largest absolute Gasteiger partial charge is 0.375 e. The van der Waals surface area contributed by atoms with Crippen LogP contribution in [-0.4, -0.2) is 25.4 Å². The molecule has 0 fully saturated rings. The first-order chi connectivity index (χ1) is 13.4. The Kier molecular flexibility index (Phi) is 5.55. The number of hydrogen-bond donors (Lipinski definition) is 1. The van der Waals surface area contributed by atoms with E-state index in [2.05, 4.69) is 10.3 Å². The number of pyridine rings is 1. The highest BCUT2D eigenvalue weighted by Gasteiger charge is 2.24. The molecule has 1 N–H and O–H groups in total. The Morgan fingerprint density at radius 2 is 1.75 bits per heavy atom. The fourth-order valence-electron chi connectivity index (χ4n) is 2.60. The maximum absolute atomic E-state index is 12.7. The molecule has 3 rings (SSSR count). The Hall–Kier alpha value is -3.46. The molecule has 28 heavy (non-hydrogen) atoms. The first-order valence-electron chi connectivity index (χ1n) is 8.35. The molecule has 2 aromatic carbocycles. The molecule has 0 aliphatic rings. The van der Waals surface area contributed by atoms with Crippen molar-refractivity contribution in [2.75, 3.05) is 16.7 Å². The second-order valence-corrected chi connectivity index (χ2v) is 7.92. The zero-order chi connectivity index (χ0) is 20.1. The van der Waals surface area contributed by atoms with Crippen LogP contribution >= 0.6 is 0 Å². The summed E-state index contributed by atoms with van der Waals surface area (Å²) in [5.41, 5.74) is 1.21. The van der Waals surface area contributed by atoms with E-state index in [0.717, 1.165) is 9.87 Å². The van der Waals surface area contributed by atoms with E-state index in [-0.39, 0.29) is 16.3 Å². The van der Waals surface area contributed by atoms with Crippen molar-refractivity contribution in [2.24, 2.45) is 0 Å². The van der Waals surface area contributed by atoms with Gasteiger partial charge in [0, 0.05) is 32.1 Å². The molecule has 9 heteroatoms. The van der Waals surface area contributed by atoms with Gasteiger partial charge in [0.1, 0.15) is 5.69 Å². The van der Waals surface area contributed by atoms with E-state index >= 15 is 0 Å². The molecule has 8 nitrogen and oxygen atoms in total. The molecule has 1 heterocycles. The van der Waals surface area contributed by atoms with E-state index in [1.165, 1.54) is 37.4 Å². The lowest BCUT2D eigenvalue weighted by Gasteiger charge is -2.20. The molecule has 0 bridgehead atoms. The van der Waals surface area contributed by atoms with Crippen molar-refractivity contribution in [3.63, 3.8) is 0 Å². The molecule has 0 radical (unpaired) electrons. The molecule has 1 aromatic heterocycles. The Balaban J connectivity index is 1.89. The average molecular weight is 398 g/mol. The van der Waals surface area contributed by atoms with Crippen LogP contribution in [-0.2, 0) is 16.6 Å². The van der Waals surface area contributed by atoms with E-state index in [1.807, 2.05) is 0 Å². The third kappa shape index (κ3) is 4.09. The summed E-state index contributed by atoms with van der Waals surface area (Å²) >= 11 is 0. The number of nitro groups is 1. The van der Waals surface area contributed by atoms with Gasteiger partial charge in [-0.15, -0.1) is 0 Å². The van der Waals surface area contributed by atoms with Gasteiger partial charge in [0.15, 0.2) is 0 Å². The lowest BCUT2D eigenvalue weighted by atomic mass is 10.2. The van der Waals surface area contributed by atoms with Gasteiger partial charge in [0.2, 0.25) is 0 Å². The van der Waals surface area contributed by atoms with Gasteiger partial charge in [-0.3, -0.25) is 19.4 Å². The number of benzene rings is 2. The van der Waals surface area contributed by atoms with Crippen molar-refractivity contribution in [1.82, 2.24) is 4.98 Å². The van der Waals surface area contributed by atoms with Crippen LogP contribution in [0.25, 0.3) is 0 Å².